The zero-order chi connectivity index (χ0) is 12.7. The molecule has 0 saturated heterocycles. The summed E-state index contributed by atoms with van der Waals surface area (Å²) in [4.78, 5) is 15.1. The van der Waals surface area contributed by atoms with E-state index in [0.29, 0.717) is 6.54 Å². The molecule has 0 heterocycles. The van der Waals surface area contributed by atoms with Crippen LogP contribution in [0.15, 0.2) is 29.3 Å². The van der Waals surface area contributed by atoms with E-state index in [-0.39, 0.29) is 18.4 Å². The van der Waals surface area contributed by atoms with E-state index in [1.165, 1.54) is 5.56 Å². The molecule has 0 saturated carbocycles. The van der Waals surface area contributed by atoms with Crippen LogP contribution >= 0.6 is 0 Å². The van der Waals surface area contributed by atoms with Crippen LogP contribution in [0, 0.1) is 6.92 Å². The summed E-state index contributed by atoms with van der Waals surface area (Å²) in [6.45, 7) is 4.50. The van der Waals surface area contributed by atoms with Crippen LogP contribution in [0.4, 0.5) is 5.69 Å². The van der Waals surface area contributed by atoms with Gasteiger partial charge in [-0.2, -0.15) is 0 Å². The van der Waals surface area contributed by atoms with Crippen molar-refractivity contribution in [3.63, 3.8) is 0 Å². The summed E-state index contributed by atoms with van der Waals surface area (Å²) in [5, 5.41) is 5.56. The fraction of sp³-hybridized carbons (Fsp3) is 0.333. The number of amides is 1. The average molecular weight is 234 g/mol. The molecule has 0 radical (unpaired) electrons. The molecule has 0 aliphatic heterocycles. The summed E-state index contributed by atoms with van der Waals surface area (Å²) < 4.78 is 0. The van der Waals surface area contributed by atoms with Gasteiger partial charge in [0.1, 0.15) is 6.54 Å². The summed E-state index contributed by atoms with van der Waals surface area (Å²) in [6, 6.07) is 7.76. The highest BCUT2D eigenvalue weighted by Crippen LogP contribution is 2.07. The van der Waals surface area contributed by atoms with Crippen molar-refractivity contribution in [2.75, 3.05) is 18.4 Å². The van der Waals surface area contributed by atoms with E-state index in [2.05, 4.69) is 15.6 Å². The number of nitrogens with two attached hydrogens (primary N) is 1. The number of rotatable bonds is 4. The molecule has 0 aromatic heterocycles. The second-order valence-electron chi connectivity index (χ2n) is 3.65. The predicted molar refractivity (Wildman–Crippen MR) is 70.0 cm³/mol. The van der Waals surface area contributed by atoms with Crippen molar-refractivity contribution in [2.24, 2.45) is 10.7 Å². The van der Waals surface area contributed by atoms with Crippen LogP contribution in [-0.2, 0) is 4.79 Å². The fourth-order valence-corrected chi connectivity index (χ4v) is 1.23. The first-order chi connectivity index (χ1) is 8.11. The molecule has 92 valence electrons. The summed E-state index contributed by atoms with van der Waals surface area (Å²) in [5.41, 5.74) is 7.68. The standard InChI is InChI=1S/C12H18N4O/c1-3-14-11(17)8-15-12(13)16-10-6-4-9(2)5-7-10/h4-7H,3,8H2,1-2H3,(H,14,17)(H3,13,15,16). The van der Waals surface area contributed by atoms with Crippen molar-refractivity contribution in [3.05, 3.63) is 29.8 Å². The summed E-state index contributed by atoms with van der Waals surface area (Å²) in [7, 11) is 0. The minimum Gasteiger partial charge on any atom is -0.370 e. The summed E-state index contributed by atoms with van der Waals surface area (Å²) in [6.07, 6.45) is 0. The fourth-order valence-electron chi connectivity index (χ4n) is 1.23. The van der Waals surface area contributed by atoms with Crippen LogP contribution < -0.4 is 16.4 Å². The van der Waals surface area contributed by atoms with Crippen LogP contribution in [0.25, 0.3) is 0 Å². The molecule has 1 amide bonds. The number of benzene rings is 1. The van der Waals surface area contributed by atoms with Gasteiger partial charge in [-0.15, -0.1) is 0 Å². The quantitative estimate of drug-likeness (QED) is 0.534. The van der Waals surface area contributed by atoms with Gasteiger partial charge in [-0.05, 0) is 26.0 Å². The third kappa shape index (κ3) is 5.01. The molecule has 0 atom stereocenters. The number of nitrogens with one attached hydrogen (secondary N) is 2. The number of anilines is 1. The number of aliphatic imine (C=N–C) groups is 1. The Hall–Kier alpha value is -2.04. The maximum atomic E-state index is 11.1. The highest BCUT2D eigenvalue weighted by atomic mass is 16.1. The minimum absolute atomic E-state index is 0.0402. The lowest BCUT2D eigenvalue weighted by Crippen LogP contribution is -2.28. The average Bonchev–Trinajstić information content (AvgIpc) is 2.30. The number of hydrogen-bond donors (Lipinski definition) is 3. The second kappa shape index (κ2) is 6.52. The number of likely N-dealkylation sites (N-methyl/N-ethyl adjacent to an activating group) is 1. The van der Waals surface area contributed by atoms with Gasteiger partial charge in [-0.25, -0.2) is 4.99 Å². The van der Waals surface area contributed by atoms with E-state index in [0.717, 1.165) is 5.69 Å². The Labute approximate surface area is 101 Å². The predicted octanol–water partition coefficient (Wildman–Crippen LogP) is 0.858. The van der Waals surface area contributed by atoms with Gasteiger partial charge in [-0.3, -0.25) is 4.79 Å². The number of carbonyl (C=O) groups is 1. The SMILES string of the molecule is CCNC(=O)CN=C(N)Nc1ccc(C)cc1. The van der Waals surface area contributed by atoms with Gasteiger partial charge in [0.2, 0.25) is 5.91 Å². The zero-order valence-electron chi connectivity index (χ0n) is 10.2. The smallest absolute Gasteiger partial charge is 0.241 e. The third-order valence-electron chi connectivity index (χ3n) is 2.09. The first-order valence-electron chi connectivity index (χ1n) is 5.52. The maximum absolute atomic E-state index is 11.1. The molecule has 0 fully saturated rings. The van der Waals surface area contributed by atoms with Crippen LogP contribution in [0.5, 0.6) is 0 Å². The number of nitrogens with zero attached hydrogens (tertiary/aromatic N) is 1. The Bertz CT molecular complexity index is 397. The van der Waals surface area contributed by atoms with Crippen molar-refractivity contribution in [3.8, 4) is 0 Å². The molecule has 4 N–H and O–H groups in total. The van der Waals surface area contributed by atoms with Crippen LogP contribution in [0.3, 0.4) is 0 Å². The van der Waals surface area contributed by atoms with Gasteiger partial charge in [0.25, 0.3) is 0 Å². The summed E-state index contributed by atoms with van der Waals surface area (Å²) >= 11 is 0. The van der Waals surface area contributed by atoms with Crippen LogP contribution in [-0.4, -0.2) is 25.0 Å². The molecular formula is C12H18N4O. The zero-order valence-corrected chi connectivity index (χ0v) is 10.2. The van der Waals surface area contributed by atoms with Crippen molar-refractivity contribution < 1.29 is 4.79 Å². The lowest BCUT2D eigenvalue weighted by atomic mass is 10.2. The van der Waals surface area contributed by atoms with E-state index >= 15 is 0 Å². The molecule has 17 heavy (non-hydrogen) atoms. The molecule has 0 unspecified atom stereocenters. The van der Waals surface area contributed by atoms with E-state index in [1.807, 2.05) is 38.1 Å². The highest BCUT2D eigenvalue weighted by Gasteiger charge is 1.98. The van der Waals surface area contributed by atoms with E-state index < -0.39 is 0 Å². The molecule has 0 aliphatic carbocycles. The molecule has 0 spiro atoms. The third-order valence-corrected chi connectivity index (χ3v) is 2.09. The van der Waals surface area contributed by atoms with Gasteiger partial charge < -0.3 is 16.4 Å². The van der Waals surface area contributed by atoms with Gasteiger partial charge >= 0.3 is 0 Å². The monoisotopic (exact) mass is 234 g/mol. The largest absolute Gasteiger partial charge is 0.370 e. The lowest BCUT2D eigenvalue weighted by Gasteiger charge is -2.05. The van der Waals surface area contributed by atoms with Gasteiger partial charge in [0.05, 0.1) is 0 Å². The van der Waals surface area contributed by atoms with E-state index in [9.17, 15) is 4.79 Å². The van der Waals surface area contributed by atoms with Gasteiger partial charge in [0, 0.05) is 12.2 Å². The van der Waals surface area contributed by atoms with Crippen molar-refractivity contribution >= 4 is 17.6 Å². The molecule has 5 heteroatoms. The van der Waals surface area contributed by atoms with E-state index in [1.54, 1.807) is 0 Å². The Kier molecular flexibility index (Phi) is 5.00. The van der Waals surface area contributed by atoms with Crippen LogP contribution in [0.1, 0.15) is 12.5 Å². The topological polar surface area (TPSA) is 79.5 Å². The van der Waals surface area contributed by atoms with Gasteiger partial charge in [0.15, 0.2) is 5.96 Å². The Morgan fingerprint density at radius 2 is 2.00 bits per heavy atom. The van der Waals surface area contributed by atoms with Gasteiger partial charge in [-0.1, -0.05) is 17.7 Å². The van der Waals surface area contributed by atoms with E-state index in [4.69, 9.17) is 5.73 Å². The molecule has 5 nitrogen and oxygen atoms in total. The number of aryl methyl sites for hydroxylation is 1. The van der Waals surface area contributed by atoms with Crippen molar-refractivity contribution in [2.45, 2.75) is 13.8 Å². The second-order valence-corrected chi connectivity index (χ2v) is 3.65. The number of hydrogen-bond acceptors (Lipinski definition) is 2. The molecule has 0 aliphatic rings. The Morgan fingerprint density at radius 1 is 1.35 bits per heavy atom. The molecule has 0 bridgehead atoms. The maximum Gasteiger partial charge on any atom is 0.241 e. The highest BCUT2D eigenvalue weighted by molar-refractivity contribution is 5.93. The summed E-state index contributed by atoms with van der Waals surface area (Å²) in [5.74, 6) is 0.0984. The molecule has 1 rings (SSSR count). The van der Waals surface area contributed by atoms with Crippen molar-refractivity contribution in [1.29, 1.82) is 0 Å². The first kappa shape index (κ1) is 13.0. The van der Waals surface area contributed by atoms with Crippen LogP contribution in [0.2, 0.25) is 0 Å². The number of guanidine groups is 1. The normalized spacial score (nSPS) is 11.1. The molecular weight excluding hydrogens is 216 g/mol. The minimum atomic E-state index is -0.138. The Morgan fingerprint density at radius 3 is 2.59 bits per heavy atom. The first-order valence-corrected chi connectivity index (χ1v) is 5.52. The Balaban J connectivity index is 2.48. The molecule has 1 aromatic rings. The molecule has 1 aromatic carbocycles. The lowest BCUT2D eigenvalue weighted by molar-refractivity contribution is -0.119. The van der Waals surface area contributed by atoms with Crippen molar-refractivity contribution in [1.82, 2.24) is 5.32 Å². The number of carbonyl (C=O) groups excluding carboxylic acids is 1.